The SMILES string of the molecule is CCOC(=O)c1cc(-c2ccccc2)n(CC(=O)Nc2ccc(C)c(C)c2)c1C. The van der Waals surface area contributed by atoms with Gasteiger partial charge in [-0.05, 0) is 62.6 Å². The van der Waals surface area contributed by atoms with Crippen LogP contribution in [0.1, 0.15) is 34.1 Å². The lowest BCUT2D eigenvalue weighted by atomic mass is 10.1. The average molecular weight is 390 g/mol. The quantitative estimate of drug-likeness (QED) is 0.609. The number of hydrogen-bond acceptors (Lipinski definition) is 3. The zero-order valence-corrected chi connectivity index (χ0v) is 17.3. The Bertz CT molecular complexity index is 1040. The summed E-state index contributed by atoms with van der Waals surface area (Å²) in [6.07, 6.45) is 0. The van der Waals surface area contributed by atoms with Gasteiger partial charge in [0.15, 0.2) is 0 Å². The van der Waals surface area contributed by atoms with Gasteiger partial charge < -0.3 is 14.6 Å². The molecule has 3 rings (SSSR count). The Morgan fingerprint density at radius 2 is 1.69 bits per heavy atom. The largest absolute Gasteiger partial charge is 0.462 e. The van der Waals surface area contributed by atoms with Crippen molar-refractivity contribution in [3.63, 3.8) is 0 Å². The molecule has 0 aliphatic carbocycles. The summed E-state index contributed by atoms with van der Waals surface area (Å²) in [5.74, 6) is -0.532. The monoisotopic (exact) mass is 390 g/mol. The third-order valence-corrected chi connectivity index (χ3v) is 5.02. The summed E-state index contributed by atoms with van der Waals surface area (Å²) < 4.78 is 7.04. The molecule has 0 aliphatic rings. The number of esters is 1. The fraction of sp³-hybridized carbons (Fsp3) is 0.250. The van der Waals surface area contributed by atoms with Crippen LogP contribution in [0.3, 0.4) is 0 Å². The van der Waals surface area contributed by atoms with E-state index in [0.29, 0.717) is 17.9 Å². The maximum Gasteiger partial charge on any atom is 0.339 e. The molecule has 150 valence electrons. The Morgan fingerprint density at radius 1 is 0.966 bits per heavy atom. The second kappa shape index (κ2) is 8.78. The minimum Gasteiger partial charge on any atom is -0.462 e. The Hall–Kier alpha value is -3.34. The fourth-order valence-electron chi connectivity index (χ4n) is 3.28. The fourth-order valence-corrected chi connectivity index (χ4v) is 3.28. The number of amides is 1. The molecular formula is C24H26N2O3. The van der Waals surface area contributed by atoms with Crippen molar-refractivity contribution >= 4 is 17.6 Å². The predicted molar refractivity (Wildman–Crippen MR) is 115 cm³/mol. The molecule has 1 aromatic heterocycles. The van der Waals surface area contributed by atoms with Gasteiger partial charge in [0, 0.05) is 17.1 Å². The number of nitrogens with zero attached hydrogens (tertiary/aromatic N) is 1. The molecule has 0 unspecified atom stereocenters. The van der Waals surface area contributed by atoms with Gasteiger partial charge >= 0.3 is 5.97 Å². The maximum absolute atomic E-state index is 12.8. The first-order valence-electron chi connectivity index (χ1n) is 9.70. The molecule has 0 saturated heterocycles. The van der Waals surface area contributed by atoms with Crippen LogP contribution >= 0.6 is 0 Å². The molecule has 0 saturated carbocycles. The van der Waals surface area contributed by atoms with E-state index in [9.17, 15) is 9.59 Å². The van der Waals surface area contributed by atoms with Crippen molar-refractivity contribution in [2.45, 2.75) is 34.2 Å². The number of carbonyl (C=O) groups excluding carboxylic acids is 2. The first-order valence-corrected chi connectivity index (χ1v) is 9.70. The third-order valence-electron chi connectivity index (χ3n) is 5.02. The topological polar surface area (TPSA) is 60.3 Å². The van der Waals surface area contributed by atoms with Gasteiger partial charge in [-0.15, -0.1) is 0 Å². The Kier molecular flexibility index (Phi) is 6.17. The lowest BCUT2D eigenvalue weighted by Gasteiger charge is -2.13. The molecular weight excluding hydrogens is 364 g/mol. The molecule has 1 N–H and O–H groups in total. The van der Waals surface area contributed by atoms with Crippen LogP contribution in [0.25, 0.3) is 11.3 Å². The molecule has 0 atom stereocenters. The van der Waals surface area contributed by atoms with E-state index >= 15 is 0 Å². The van der Waals surface area contributed by atoms with Crippen LogP contribution in [0.15, 0.2) is 54.6 Å². The second-order valence-corrected chi connectivity index (χ2v) is 7.05. The highest BCUT2D eigenvalue weighted by atomic mass is 16.5. The van der Waals surface area contributed by atoms with Gasteiger partial charge in [-0.1, -0.05) is 36.4 Å². The third kappa shape index (κ3) is 4.57. The van der Waals surface area contributed by atoms with E-state index < -0.39 is 0 Å². The summed E-state index contributed by atoms with van der Waals surface area (Å²) in [5.41, 5.74) is 5.98. The Labute approximate surface area is 171 Å². The number of rotatable bonds is 6. The highest BCUT2D eigenvalue weighted by Gasteiger charge is 2.21. The van der Waals surface area contributed by atoms with Crippen molar-refractivity contribution in [1.82, 2.24) is 4.57 Å². The number of benzene rings is 2. The van der Waals surface area contributed by atoms with Crippen LogP contribution in [0.5, 0.6) is 0 Å². The minimum absolute atomic E-state index is 0.0996. The molecule has 1 amide bonds. The number of anilines is 1. The zero-order chi connectivity index (χ0) is 21.0. The minimum atomic E-state index is -0.379. The molecule has 0 spiro atoms. The molecule has 5 heteroatoms. The lowest BCUT2D eigenvalue weighted by molar-refractivity contribution is -0.116. The van der Waals surface area contributed by atoms with Gasteiger partial charge in [-0.25, -0.2) is 4.79 Å². The first kappa shape index (κ1) is 20.4. The van der Waals surface area contributed by atoms with Crippen LogP contribution in [0.2, 0.25) is 0 Å². The van der Waals surface area contributed by atoms with Crippen molar-refractivity contribution in [2.75, 3.05) is 11.9 Å². The number of ether oxygens (including phenoxy) is 1. The van der Waals surface area contributed by atoms with Crippen molar-refractivity contribution in [2.24, 2.45) is 0 Å². The average Bonchev–Trinajstić information content (AvgIpc) is 3.02. The molecule has 0 radical (unpaired) electrons. The van der Waals surface area contributed by atoms with Gasteiger partial charge in [0.25, 0.3) is 0 Å². The summed E-state index contributed by atoms with van der Waals surface area (Å²) in [5, 5.41) is 2.95. The van der Waals surface area contributed by atoms with E-state index in [4.69, 9.17) is 4.74 Å². The maximum atomic E-state index is 12.8. The standard InChI is InChI=1S/C24H26N2O3/c1-5-29-24(28)21-14-22(19-9-7-6-8-10-19)26(18(21)4)15-23(27)25-20-12-11-16(2)17(3)13-20/h6-14H,5,15H2,1-4H3,(H,25,27). The van der Waals surface area contributed by atoms with Gasteiger partial charge in [-0.3, -0.25) is 4.79 Å². The van der Waals surface area contributed by atoms with E-state index in [1.807, 2.05) is 73.9 Å². The smallest absolute Gasteiger partial charge is 0.339 e. The van der Waals surface area contributed by atoms with Gasteiger partial charge in [0.1, 0.15) is 6.54 Å². The molecule has 2 aromatic carbocycles. The lowest BCUT2D eigenvalue weighted by Crippen LogP contribution is -2.20. The van der Waals surface area contributed by atoms with E-state index in [2.05, 4.69) is 5.32 Å². The van der Waals surface area contributed by atoms with E-state index in [1.165, 1.54) is 5.56 Å². The van der Waals surface area contributed by atoms with Gasteiger partial charge in [-0.2, -0.15) is 0 Å². The van der Waals surface area contributed by atoms with E-state index in [0.717, 1.165) is 22.5 Å². The van der Waals surface area contributed by atoms with Crippen LogP contribution in [0, 0.1) is 20.8 Å². The molecule has 3 aromatic rings. The zero-order valence-electron chi connectivity index (χ0n) is 17.3. The number of hydrogen-bond donors (Lipinski definition) is 1. The summed E-state index contributed by atoms with van der Waals surface area (Å²) in [7, 11) is 0. The van der Waals surface area contributed by atoms with E-state index in [1.54, 1.807) is 13.0 Å². The second-order valence-electron chi connectivity index (χ2n) is 7.05. The summed E-state index contributed by atoms with van der Waals surface area (Å²) in [6.45, 7) is 8.06. The van der Waals surface area contributed by atoms with Gasteiger partial charge in [0.05, 0.1) is 12.2 Å². The Balaban J connectivity index is 1.93. The van der Waals surface area contributed by atoms with Crippen LogP contribution in [-0.2, 0) is 16.1 Å². The molecule has 0 aliphatic heterocycles. The molecule has 29 heavy (non-hydrogen) atoms. The summed E-state index contributed by atoms with van der Waals surface area (Å²) in [6, 6.07) is 17.3. The molecule has 1 heterocycles. The van der Waals surface area contributed by atoms with Gasteiger partial charge in [0.2, 0.25) is 5.91 Å². The number of nitrogens with one attached hydrogen (secondary N) is 1. The van der Waals surface area contributed by atoms with Crippen LogP contribution < -0.4 is 5.32 Å². The number of carbonyl (C=O) groups is 2. The van der Waals surface area contributed by atoms with Crippen molar-refractivity contribution < 1.29 is 14.3 Å². The Morgan fingerprint density at radius 3 is 2.34 bits per heavy atom. The van der Waals surface area contributed by atoms with Crippen molar-refractivity contribution in [3.05, 3.63) is 77.0 Å². The molecule has 0 bridgehead atoms. The van der Waals surface area contributed by atoms with Crippen LogP contribution in [-0.4, -0.2) is 23.1 Å². The first-order chi connectivity index (χ1) is 13.9. The predicted octanol–water partition coefficient (Wildman–Crippen LogP) is 4.90. The summed E-state index contributed by atoms with van der Waals surface area (Å²) in [4.78, 5) is 25.1. The number of aromatic nitrogens is 1. The number of aryl methyl sites for hydroxylation is 2. The highest BCUT2D eigenvalue weighted by Crippen LogP contribution is 2.27. The van der Waals surface area contributed by atoms with Crippen molar-refractivity contribution in [1.29, 1.82) is 0 Å². The normalized spacial score (nSPS) is 10.6. The van der Waals surface area contributed by atoms with E-state index in [-0.39, 0.29) is 18.4 Å². The molecule has 0 fully saturated rings. The summed E-state index contributed by atoms with van der Waals surface area (Å²) >= 11 is 0. The van der Waals surface area contributed by atoms with Crippen LogP contribution in [0.4, 0.5) is 5.69 Å². The highest BCUT2D eigenvalue weighted by molar-refractivity contribution is 5.94. The van der Waals surface area contributed by atoms with Crippen molar-refractivity contribution in [3.8, 4) is 11.3 Å². The molecule has 5 nitrogen and oxygen atoms in total.